The predicted molar refractivity (Wildman–Crippen MR) is 233 cm³/mol. The van der Waals surface area contributed by atoms with E-state index in [9.17, 15) is 4.79 Å². The first-order valence-electron chi connectivity index (χ1n) is 18.8. The molecule has 0 spiro atoms. The van der Waals surface area contributed by atoms with Gasteiger partial charge in [-0.1, -0.05) is 120 Å². The molecule has 0 bridgehead atoms. The van der Waals surface area contributed by atoms with Crippen molar-refractivity contribution in [3.63, 3.8) is 0 Å². The van der Waals surface area contributed by atoms with Crippen molar-refractivity contribution in [2.24, 2.45) is 0 Å². The molecule has 0 aliphatic rings. The highest BCUT2D eigenvalue weighted by molar-refractivity contribution is 5.93. The molecule has 0 N–H and O–H groups in total. The zero-order valence-electron chi connectivity index (χ0n) is 32.5. The van der Waals surface area contributed by atoms with Crippen molar-refractivity contribution in [3.05, 3.63) is 220 Å². The van der Waals surface area contributed by atoms with Gasteiger partial charge in [0, 0.05) is 24.0 Å². The Balaban J connectivity index is 1.25. The van der Waals surface area contributed by atoms with Gasteiger partial charge in [-0.2, -0.15) is 0 Å². The van der Waals surface area contributed by atoms with Gasteiger partial charge in [-0.25, -0.2) is 0 Å². The van der Waals surface area contributed by atoms with Crippen molar-refractivity contribution < 1.29 is 14.3 Å². The van der Waals surface area contributed by atoms with Crippen molar-refractivity contribution in [2.75, 3.05) is 12.0 Å². The largest absolute Gasteiger partial charge is 0.497 e. The van der Waals surface area contributed by atoms with Crippen LogP contribution in [0.15, 0.2) is 170 Å². The number of rotatable bonds is 11. The number of nitrogens with zero attached hydrogens (tertiary/aromatic N) is 1. The number of carbonyl (C=O) groups is 1. The zero-order chi connectivity index (χ0) is 39.0. The number of ether oxygens (including phenoxy) is 2. The molecule has 56 heavy (non-hydrogen) atoms. The van der Waals surface area contributed by atoms with Gasteiger partial charge in [-0.3, -0.25) is 4.79 Å². The lowest BCUT2D eigenvalue weighted by molar-refractivity contribution is -0.131. The topological polar surface area (TPSA) is 38.8 Å². The number of benzene rings is 7. The van der Waals surface area contributed by atoms with Crippen LogP contribution in [-0.2, 0) is 4.79 Å². The summed E-state index contributed by atoms with van der Waals surface area (Å²) in [5, 5.41) is 0. The normalized spacial score (nSPS) is 11.1. The van der Waals surface area contributed by atoms with Crippen LogP contribution < -0.4 is 14.4 Å². The average Bonchev–Trinajstić information content (AvgIpc) is 3.20. The van der Waals surface area contributed by atoms with Crippen LogP contribution in [0.25, 0.3) is 23.3 Å². The summed E-state index contributed by atoms with van der Waals surface area (Å²) in [5.74, 6) is 0.959. The monoisotopic (exact) mass is 731 g/mol. The molecular formula is C52H45NO3. The molecule has 0 heterocycles. The lowest BCUT2D eigenvalue weighted by Crippen LogP contribution is -2.10. The molecule has 0 saturated heterocycles. The summed E-state index contributed by atoms with van der Waals surface area (Å²) in [5.41, 5.74) is 15.7. The molecule has 0 aliphatic heterocycles. The van der Waals surface area contributed by atoms with E-state index >= 15 is 0 Å². The average molecular weight is 732 g/mol. The molecule has 7 aromatic rings. The van der Waals surface area contributed by atoms with Crippen LogP contribution in [0.5, 0.6) is 11.5 Å². The highest BCUT2D eigenvalue weighted by atomic mass is 16.5. The smallest absolute Gasteiger partial charge is 0.308 e. The Bertz CT molecular complexity index is 2460. The minimum absolute atomic E-state index is 0.346. The van der Waals surface area contributed by atoms with E-state index in [1.54, 1.807) is 7.11 Å². The molecule has 4 heteroatoms. The number of hydrogen-bond acceptors (Lipinski definition) is 4. The van der Waals surface area contributed by atoms with Gasteiger partial charge in [0.2, 0.25) is 0 Å². The Kier molecular flexibility index (Phi) is 11.4. The SMILES string of the molecule is COc1ccc(C(=Cc2ccc(N(c3ccc(C=C(c4cccc(C)c4)c4cccc(C)c4)cc3)c3cccc(C)c3)cc2)c2ccc(OC(C)=O)cc2)cc1. The van der Waals surface area contributed by atoms with E-state index in [2.05, 4.69) is 171 Å². The minimum atomic E-state index is -0.346. The van der Waals surface area contributed by atoms with Crippen molar-refractivity contribution >= 4 is 46.3 Å². The van der Waals surface area contributed by atoms with Gasteiger partial charge >= 0.3 is 5.97 Å². The highest BCUT2D eigenvalue weighted by Crippen LogP contribution is 2.37. The second-order valence-corrected chi connectivity index (χ2v) is 14.1. The van der Waals surface area contributed by atoms with Crippen LogP contribution >= 0.6 is 0 Å². The van der Waals surface area contributed by atoms with Crippen LogP contribution in [0.4, 0.5) is 17.1 Å². The second-order valence-electron chi connectivity index (χ2n) is 14.1. The molecule has 0 amide bonds. The Morgan fingerprint density at radius 2 is 0.893 bits per heavy atom. The minimum Gasteiger partial charge on any atom is -0.497 e. The summed E-state index contributed by atoms with van der Waals surface area (Å²) in [4.78, 5) is 13.8. The maximum Gasteiger partial charge on any atom is 0.308 e. The molecule has 276 valence electrons. The van der Waals surface area contributed by atoms with E-state index < -0.39 is 0 Å². The molecule has 0 unspecified atom stereocenters. The Morgan fingerprint density at radius 1 is 0.464 bits per heavy atom. The van der Waals surface area contributed by atoms with Crippen molar-refractivity contribution in [3.8, 4) is 11.5 Å². The Labute approximate surface area is 330 Å². The third-order valence-electron chi connectivity index (χ3n) is 9.67. The van der Waals surface area contributed by atoms with Crippen LogP contribution in [0.2, 0.25) is 0 Å². The van der Waals surface area contributed by atoms with Gasteiger partial charge in [0.05, 0.1) is 7.11 Å². The van der Waals surface area contributed by atoms with Gasteiger partial charge in [0.25, 0.3) is 0 Å². The van der Waals surface area contributed by atoms with E-state index in [0.717, 1.165) is 50.6 Å². The van der Waals surface area contributed by atoms with E-state index in [4.69, 9.17) is 9.47 Å². The number of methoxy groups -OCH3 is 1. The van der Waals surface area contributed by atoms with Crippen LogP contribution in [0.1, 0.15) is 57.0 Å². The summed E-state index contributed by atoms with van der Waals surface area (Å²) in [6.45, 7) is 7.81. The molecule has 0 fully saturated rings. The molecule has 0 aromatic heterocycles. The van der Waals surface area contributed by atoms with Crippen molar-refractivity contribution in [2.45, 2.75) is 27.7 Å². The number of aryl methyl sites for hydroxylation is 3. The fourth-order valence-corrected chi connectivity index (χ4v) is 6.92. The molecular weight excluding hydrogens is 687 g/mol. The van der Waals surface area contributed by atoms with Gasteiger partial charge in [0.1, 0.15) is 11.5 Å². The number of esters is 1. The highest BCUT2D eigenvalue weighted by Gasteiger charge is 2.14. The second kappa shape index (κ2) is 17.0. The lowest BCUT2D eigenvalue weighted by Gasteiger charge is -2.26. The number of hydrogen-bond donors (Lipinski definition) is 0. The summed E-state index contributed by atoms with van der Waals surface area (Å²) >= 11 is 0. The van der Waals surface area contributed by atoms with E-state index in [1.807, 2.05) is 36.4 Å². The first-order chi connectivity index (χ1) is 27.2. The van der Waals surface area contributed by atoms with E-state index in [0.29, 0.717) is 5.75 Å². The summed E-state index contributed by atoms with van der Waals surface area (Å²) in [6, 6.07) is 59.1. The Hall–Kier alpha value is -6.91. The molecule has 0 radical (unpaired) electrons. The molecule has 7 aromatic carbocycles. The predicted octanol–water partition coefficient (Wildman–Crippen LogP) is 13.2. The van der Waals surface area contributed by atoms with Crippen LogP contribution in [-0.4, -0.2) is 13.1 Å². The Morgan fingerprint density at radius 3 is 1.32 bits per heavy atom. The summed E-state index contributed by atoms with van der Waals surface area (Å²) in [6.07, 6.45) is 4.47. The molecule has 4 nitrogen and oxygen atoms in total. The van der Waals surface area contributed by atoms with E-state index in [-0.39, 0.29) is 5.97 Å². The standard InChI is InChI=1S/C52H45NO3/c1-36-9-6-12-44(31-36)52(45-13-7-10-37(2)32-45)35-41-17-25-47(26-18-41)53(48-14-8-11-38(3)33-48)46-23-15-40(16-24-46)34-51(42-19-27-49(55-5)28-20-42)43-21-29-50(30-22-43)56-39(4)54/h6-35H,1-5H3. The zero-order valence-corrected chi connectivity index (χ0v) is 32.5. The molecule has 0 aliphatic carbocycles. The van der Waals surface area contributed by atoms with Gasteiger partial charge in [0.15, 0.2) is 0 Å². The fraction of sp³-hybridized carbons (Fsp3) is 0.0962. The molecule has 0 atom stereocenters. The summed E-state index contributed by atoms with van der Waals surface area (Å²) < 4.78 is 10.7. The van der Waals surface area contributed by atoms with E-state index in [1.165, 1.54) is 40.3 Å². The quantitative estimate of drug-likeness (QED) is 0.0754. The first kappa shape index (κ1) is 37.4. The maximum atomic E-state index is 11.5. The summed E-state index contributed by atoms with van der Waals surface area (Å²) in [7, 11) is 1.67. The van der Waals surface area contributed by atoms with Crippen LogP contribution in [0.3, 0.4) is 0 Å². The lowest BCUT2D eigenvalue weighted by atomic mass is 9.93. The maximum absolute atomic E-state index is 11.5. The van der Waals surface area contributed by atoms with Crippen molar-refractivity contribution in [1.82, 2.24) is 0 Å². The number of carbonyl (C=O) groups excluding carboxylic acids is 1. The van der Waals surface area contributed by atoms with Gasteiger partial charge in [-0.05, 0) is 144 Å². The fourth-order valence-electron chi connectivity index (χ4n) is 6.92. The molecule has 7 rings (SSSR count). The van der Waals surface area contributed by atoms with Crippen LogP contribution in [0, 0.1) is 20.8 Å². The third-order valence-corrected chi connectivity index (χ3v) is 9.67. The first-order valence-corrected chi connectivity index (χ1v) is 18.8. The van der Waals surface area contributed by atoms with Crippen molar-refractivity contribution in [1.29, 1.82) is 0 Å². The third kappa shape index (κ3) is 9.06. The van der Waals surface area contributed by atoms with Gasteiger partial charge in [-0.15, -0.1) is 0 Å². The molecule has 0 saturated carbocycles. The van der Waals surface area contributed by atoms with Gasteiger partial charge < -0.3 is 14.4 Å². The number of anilines is 3.